The molecule has 0 bridgehead atoms. The number of amides is 2. The average Bonchev–Trinajstić information content (AvgIpc) is 3.10. The first-order valence-corrected chi connectivity index (χ1v) is 7.93. The zero-order chi connectivity index (χ0) is 16.2. The number of nitrogens with one attached hydrogen (secondary N) is 1. The summed E-state index contributed by atoms with van der Waals surface area (Å²) in [6, 6.07) is 11.7. The monoisotopic (exact) mass is 311 g/mol. The maximum absolute atomic E-state index is 12.4. The maximum Gasteiger partial charge on any atom is 0.227 e. The summed E-state index contributed by atoms with van der Waals surface area (Å²) in [6.45, 7) is 2.90. The van der Waals surface area contributed by atoms with Crippen LogP contribution < -0.4 is 5.32 Å². The lowest BCUT2D eigenvalue weighted by Gasteiger charge is -2.30. The van der Waals surface area contributed by atoms with E-state index in [0.717, 1.165) is 24.2 Å². The molecule has 5 nitrogen and oxygen atoms in total. The van der Waals surface area contributed by atoms with Gasteiger partial charge in [-0.15, -0.1) is 0 Å². The van der Waals surface area contributed by atoms with Crippen molar-refractivity contribution in [1.82, 2.24) is 9.47 Å². The third kappa shape index (κ3) is 3.62. The summed E-state index contributed by atoms with van der Waals surface area (Å²) in [5.74, 6) is 0.0991. The molecule has 120 valence electrons. The fourth-order valence-corrected chi connectivity index (χ4v) is 2.95. The Labute approximate surface area is 135 Å². The molecule has 0 atom stereocenters. The Hall–Kier alpha value is -2.56. The minimum atomic E-state index is -0.0270. The van der Waals surface area contributed by atoms with Gasteiger partial charge >= 0.3 is 0 Å². The predicted octanol–water partition coefficient (Wildman–Crippen LogP) is 2.67. The van der Waals surface area contributed by atoms with Crippen LogP contribution in [0.4, 0.5) is 5.69 Å². The third-order valence-electron chi connectivity index (χ3n) is 4.33. The molecule has 2 amide bonds. The first-order chi connectivity index (χ1) is 11.1. The van der Waals surface area contributed by atoms with Crippen molar-refractivity contribution in [3.05, 3.63) is 48.8 Å². The van der Waals surface area contributed by atoms with E-state index < -0.39 is 0 Å². The summed E-state index contributed by atoms with van der Waals surface area (Å²) in [5.41, 5.74) is 1.81. The molecular weight excluding hydrogens is 290 g/mol. The summed E-state index contributed by atoms with van der Waals surface area (Å²) >= 11 is 0. The number of benzene rings is 1. The summed E-state index contributed by atoms with van der Waals surface area (Å²) in [6.07, 6.45) is 5.39. The maximum atomic E-state index is 12.4. The average molecular weight is 311 g/mol. The Bertz CT molecular complexity index is 686. The van der Waals surface area contributed by atoms with Crippen LogP contribution in [0.2, 0.25) is 0 Å². The Morgan fingerprint density at radius 3 is 2.43 bits per heavy atom. The standard InChI is InChI=1S/C18H21N3O2/c1-14(22)20-11-7-15(8-12-20)18(23)19-16-5-4-6-17(13-16)21-9-2-3-10-21/h2-6,9-10,13,15H,7-8,11-12H2,1H3,(H,19,23). The number of piperidine rings is 1. The van der Waals surface area contributed by atoms with Crippen LogP contribution in [0.5, 0.6) is 0 Å². The second kappa shape index (κ2) is 6.69. The molecule has 1 N–H and O–H groups in total. The minimum absolute atomic E-state index is 0.0270. The molecule has 1 aliphatic rings. The van der Waals surface area contributed by atoms with Crippen LogP contribution in [0, 0.1) is 5.92 Å². The quantitative estimate of drug-likeness (QED) is 0.947. The van der Waals surface area contributed by atoms with Crippen LogP contribution in [0.3, 0.4) is 0 Å². The third-order valence-corrected chi connectivity index (χ3v) is 4.33. The highest BCUT2D eigenvalue weighted by molar-refractivity contribution is 5.93. The molecule has 3 rings (SSSR count). The van der Waals surface area contributed by atoms with Crippen LogP contribution in [0.15, 0.2) is 48.8 Å². The van der Waals surface area contributed by atoms with Gasteiger partial charge in [0.25, 0.3) is 0 Å². The molecule has 2 aromatic rings. The van der Waals surface area contributed by atoms with Crippen LogP contribution in [0.1, 0.15) is 19.8 Å². The second-order valence-corrected chi connectivity index (χ2v) is 5.91. The van der Waals surface area contributed by atoms with Gasteiger partial charge < -0.3 is 14.8 Å². The van der Waals surface area contributed by atoms with Gasteiger partial charge in [-0.3, -0.25) is 9.59 Å². The molecule has 2 heterocycles. The number of carbonyl (C=O) groups is 2. The van der Waals surface area contributed by atoms with Crippen molar-refractivity contribution in [2.75, 3.05) is 18.4 Å². The Kier molecular flexibility index (Phi) is 4.46. The van der Waals surface area contributed by atoms with Crippen molar-refractivity contribution >= 4 is 17.5 Å². The summed E-state index contributed by atoms with van der Waals surface area (Å²) in [4.78, 5) is 25.6. The minimum Gasteiger partial charge on any atom is -0.343 e. The van der Waals surface area contributed by atoms with E-state index in [1.807, 2.05) is 53.4 Å². The summed E-state index contributed by atoms with van der Waals surface area (Å²) in [7, 11) is 0. The van der Waals surface area contributed by atoms with Crippen molar-refractivity contribution in [2.45, 2.75) is 19.8 Å². The van der Waals surface area contributed by atoms with Gasteiger partial charge in [-0.05, 0) is 43.2 Å². The molecule has 1 aliphatic heterocycles. The van der Waals surface area contributed by atoms with Gasteiger partial charge in [0.1, 0.15) is 0 Å². The number of anilines is 1. The lowest BCUT2D eigenvalue weighted by atomic mass is 9.96. The van der Waals surface area contributed by atoms with Crippen molar-refractivity contribution in [1.29, 1.82) is 0 Å². The zero-order valence-electron chi connectivity index (χ0n) is 13.2. The number of hydrogen-bond donors (Lipinski definition) is 1. The van der Waals surface area contributed by atoms with Gasteiger partial charge in [0.15, 0.2) is 0 Å². The lowest BCUT2D eigenvalue weighted by molar-refractivity contribution is -0.132. The lowest BCUT2D eigenvalue weighted by Crippen LogP contribution is -2.40. The van der Waals surface area contributed by atoms with Crippen molar-refractivity contribution in [3.63, 3.8) is 0 Å². The molecule has 1 fully saturated rings. The van der Waals surface area contributed by atoms with Gasteiger partial charge in [0.05, 0.1) is 0 Å². The molecule has 0 radical (unpaired) electrons. The van der Waals surface area contributed by atoms with Crippen LogP contribution >= 0.6 is 0 Å². The number of hydrogen-bond acceptors (Lipinski definition) is 2. The Morgan fingerprint density at radius 2 is 1.78 bits per heavy atom. The van der Waals surface area contributed by atoms with E-state index in [2.05, 4.69) is 5.32 Å². The summed E-state index contributed by atoms with van der Waals surface area (Å²) < 4.78 is 2.00. The van der Waals surface area contributed by atoms with Crippen LogP contribution in [0.25, 0.3) is 5.69 Å². The van der Waals surface area contributed by atoms with Crippen molar-refractivity contribution in [3.8, 4) is 5.69 Å². The molecular formula is C18H21N3O2. The second-order valence-electron chi connectivity index (χ2n) is 5.91. The number of carbonyl (C=O) groups excluding carboxylic acids is 2. The van der Waals surface area contributed by atoms with Gasteiger partial charge in [-0.25, -0.2) is 0 Å². The SMILES string of the molecule is CC(=O)N1CCC(C(=O)Nc2cccc(-n3cccc3)c2)CC1. The normalized spacial score (nSPS) is 15.4. The van der Waals surface area contributed by atoms with Crippen LogP contribution in [-0.4, -0.2) is 34.4 Å². The van der Waals surface area contributed by atoms with E-state index in [1.165, 1.54) is 0 Å². The molecule has 0 aliphatic carbocycles. The number of aromatic nitrogens is 1. The van der Waals surface area contributed by atoms with Gasteiger partial charge in [0.2, 0.25) is 11.8 Å². The van der Waals surface area contributed by atoms with Crippen molar-refractivity contribution < 1.29 is 9.59 Å². The number of likely N-dealkylation sites (tertiary alicyclic amines) is 1. The van der Waals surface area contributed by atoms with E-state index in [0.29, 0.717) is 13.1 Å². The van der Waals surface area contributed by atoms with Gasteiger partial charge in [-0.1, -0.05) is 6.07 Å². The fraction of sp³-hybridized carbons (Fsp3) is 0.333. The smallest absolute Gasteiger partial charge is 0.227 e. The highest BCUT2D eigenvalue weighted by Gasteiger charge is 2.26. The molecule has 1 aromatic heterocycles. The van der Waals surface area contributed by atoms with E-state index in [4.69, 9.17) is 0 Å². The van der Waals surface area contributed by atoms with Gasteiger partial charge in [0, 0.05) is 49.7 Å². The highest BCUT2D eigenvalue weighted by atomic mass is 16.2. The van der Waals surface area contributed by atoms with E-state index in [1.54, 1.807) is 11.8 Å². The Morgan fingerprint density at radius 1 is 1.09 bits per heavy atom. The number of rotatable bonds is 3. The van der Waals surface area contributed by atoms with E-state index >= 15 is 0 Å². The summed E-state index contributed by atoms with van der Waals surface area (Å²) in [5, 5.41) is 3.00. The largest absolute Gasteiger partial charge is 0.343 e. The van der Waals surface area contributed by atoms with Gasteiger partial charge in [-0.2, -0.15) is 0 Å². The highest BCUT2D eigenvalue weighted by Crippen LogP contribution is 2.21. The predicted molar refractivity (Wildman–Crippen MR) is 89.4 cm³/mol. The first kappa shape index (κ1) is 15.3. The molecule has 5 heteroatoms. The van der Waals surface area contributed by atoms with Crippen molar-refractivity contribution in [2.24, 2.45) is 5.92 Å². The molecule has 23 heavy (non-hydrogen) atoms. The molecule has 0 unspecified atom stereocenters. The molecule has 0 saturated carbocycles. The zero-order valence-corrected chi connectivity index (χ0v) is 13.2. The van der Waals surface area contributed by atoms with Crippen LogP contribution in [-0.2, 0) is 9.59 Å². The Balaban J connectivity index is 1.62. The topological polar surface area (TPSA) is 54.3 Å². The first-order valence-electron chi connectivity index (χ1n) is 7.93. The molecule has 1 saturated heterocycles. The fourth-order valence-electron chi connectivity index (χ4n) is 2.95. The molecule has 0 spiro atoms. The number of nitrogens with zero attached hydrogens (tertiary/aromatic N) is 2. The van der Waals surface area contributed by atoms with E-state index in [9.17, 15) is 9.59 Å². The molecule has 1 aromatic carbocycles. The van der Waals surface area contributed by atoms with E-state index in [-0.39, 0.29) is 17.7 Å².